The van der Waals surface area contributed by atoms with Crippen molar-refractivity contribution >= 4 is 26.0 Å². The van der Waals surface area contributed by atoms with Gasteiger partial charge < -0.3 is 0 Å². The van der Waals surface area contributed by atoms with Gasteiger partial charge in [0.1, 0.15) is 0 Å². The Hall–Kier alpha value is -1.17. The van der Waals surface area contributed by atoms with Crippen LogP contribution in [0.4, 0.5) is 0 Å². The van der Waals surface area contributed by atoms with E-state index in [0.717, 1.165) is 26.7 Å². The van der Waals surface area contributed by atoms with Gasteiger partial charge in [-0.15, -0.1) is 0 Å². The molecule has 0 aliphatic rings. The highest BCUT2D eigenvalue weighted by atomic mass is 79.9. The topological polar surface area (TPSA) is 37.4 Å². The summed E-state index contributed by atoms with van der Waals surface area (Å²) in [6.07, 6.45) is 0. The first kappa shape index (κ1) is 20.1. The molecule has 2 aromatic rings. The lowest BCUT2D eigenvalue weighted by molar-refractivity contribution is 0.465. The van der Waals surface area contributed by atoms with Crippen molar-refractivity contribution in [3.05, 3.63) is 63.1 Å². The number of nitrogens with zero attached hydrogens (tertiary/aromatic N) is 1. The second kappa shape index (κ2) is 7.22. The van der Waals surface area contributed by atoms with Gasteiger partial charge in [0.2, 0.25) is 10.0 Å². The molecule has 0 aromatic heterocycles. The minimum atomic E-state index is -3.55. The molecule has 0 saturated carbocycles. The van der Waals surface area contributed by atoms with E-state index in [1.807, 2.05) is 50.2 Å². The number of hydrogen-bond donors (Lipinski definition) is 0. The van der Waals surface area contributed by atoms with E-state index < -0.39 is 10.0 Å². The molecule has 25 heavy (non-hydrogen) atoms. The van der Waals surface area contributed by atoms with Gasteiger partial charge in [-0.3, -0.25) is 0 Å². The quantitative estimate of drug-likeness (QED) is 0.678. The summed E-state index contributed by atoms with van der Waals surface area (Å²) in [7, 11) is -1.92. The van der Waals surface area contributed by atoms with E-state index in [9.17, 15) is 8.42 Å². The summed E-state index contributed by atoms with van der Waals surface area (Å²) in [6.45, 7) is 10.5. The molecule has 5 heteroatoms. The molecule has 0 fully saturated rings. The van der Waals surface area contributed by atoms with Crippen molar-refractivity contribution in [1.29, 1.82) is 0 Å². The molecule has 0 heterocycles. The molecule has 136 valence electrons. The van der Waals surface area contributed by atoms with Crippen LogP contribution in [0.2, 0.25) is 0 Å². The zero-order chi connectivity index (χ0) is 19.0. The van der Waals surface area contributed by atoms with Gasteiger partial charge >= 0.3 is 0 Å². The van der Waals surface area contributed by atoms with Crippen molar-refractivity contribution in [3.8, 4) is 0 Å². The average molecular weight is 424 g/mol. The van der Waals surface area contributed by atoms with Gasteiger partial charge in [0.05, 0.1) is 4.90 Å². The fourth-order valence-electron chi connectivity index (χ4n) is 2.88. The molecular formula is C20H26BrNO2S. The first-order chi connectivity index (χ1) is 11.4. The SMILES string of the molecule is Cc1cc(C(C)(C)C)cc(C)c1S(=O)(=O)N(C)Cc1ccc(Br)cc1. The Bertz CT molecular complexity index is 843. The largest absolute Gasteiger partial charge is 0.243 e. The van der Waals surface area contributed by atoms with Gasteiger partial charge in [0.25, 0.3) is 0 Å². The van der Waals surface area contributed by atoms with Gasteiger partial charge in [0.15, 0.2) is 0 Å². The third kappa shape index (κ3) is 4.52. The van der Waals surface area contributed by atoms with E-state index in [0.29, 0.717) is 11.4 Å². The Morgan fingerprint density at radius 2 is 1.48 bits per heavy atom. The molecule has 0 spiro atoms. The molecule has 0 atom stereocenters. The molecule has 0 N–H and O–H groups in total. The first-order valence-electron chi connectivity index (χ1n) is 8.25. The minimum Gasteiger partial charge on any atom is -0.207 e. The summed E-state index contributed by atoms with van der Waals surface area (Å²) >= 11 is 3.40. The van der Waals surface area contributed by atoms with Gasteiger partial charge in [-0.1, -0.05) is 61.0 Å². The van der Waals surface area contributed by atoms with Crippen molar-refractivity contribution < 1.29 is 8.42 Å². The summed E-state index contributed by atoms with van der Waals surface area (Å²) < 4.78 is 28.6. The molecule has 0 radical (unpaired) electrons. The third-order valence-electron chi connectivity index (χ3n) is 4.31. The maximum atomic E-state index is 13.1. The van der Waals surface area contributed by atoms with Crippen LogP contribution in [-0.4, -0.2) is 19.8 Å². The molecule has 0 amide bonds. The molecule has 0 saturated heterocycles. The molecule has 2 rings (SSSR count). The van der Waals surface area contributed by atoms with Crippen LogP contribution < -0.4 is 0 Å². The van der Waals surface area contributed by atoms with Crippen LogP contribution in [-0.2, 0) is 22.0 Å². The van der Waals surface area contributed by atoms with E-state index in [-0.39, 0.29) is 5.41 Å². The number of halogens is 1. The zero-order valence-electron chi connectivity index (χ0n) is 15.7. The fraction of sp³-hybridized carbons (Fsp3) is 0.400. The number of hydrogen-bond acceptors (Lipinski definition) is 2. The van der Waals surface area contributed by atoms with E-state index in [2.05, 4.69) is 36.7 Å². The van der Waals surface area contributed by atoms with Crippen molar-refractivity contribution in [2.75, 3.05) is 7.05 Å². The lowest BCUT2D eigenvalue weighted by Crippen LogP contribution is -2.28. The number of benzene rings is 2. The predicted octanol–water partition coefficient (Wildman–Crippen LogP) is 5.18. The minimum absolute atomic E-state index is 0.0128. The van der Waals surface area contributed by atoms with Gasteiger partial charge in [-0.05, 0) is 53.6 Å². The van der Waals surface area contributed by atoms with E-state index in [1.54, 1.807) is 7.05 Å². The van der Waals surface area contributed by atoms with Gasteiger partial charge in [-0.25, -0.2) is 8.42 Å². The standard InChI is InChI=1S/C20H26BrNO2S/c1-14-11-17(20(3,4)5)12-15(2)19(14)25(23,24)22(6)13-16-7-9-18(21)10-8-16/h7-12H,13H2,1-6H3. The first-order valence-corrected chi connectivity index (χ1v) is 10.5. The monoisotopic (exact) mass is 423 g/mol. The van der Waals surface area contributed by atoms with Crippen molar-refractivity contribution in [2.45, 2.75) is 51.5 Å². The third-order valence-corrected chi connectivity index (χ3v) is 6.95. The van der Waals surface area contributed by atoms with Gasteiger partial charge in [0, 0.05) is 18.1 Å². The van der Waals surface area contributed by atoms with Crippen LogP contribution in [0.1, 0.15) is 43.0 Å². The molecule has 0 bridgehead atoms. The van der Waals surface area contributed by atoms with E-state index in [1.165, 1.54) is 4.31 Å². The van der Waals surface area contributed by atoms with Crippen LogP contribution in [0.25, 0.3) is 0 Å². The van der Waals surface area contributed by atoms with Crippen molar-refractivity contribution in [1.82, 2.24) is 4.31 Å². The summed E-state index contributed by atoms with van der Waals surface area (Å²) in [4.78, 5) is 0.417. The summed E-state index contributed by atoms with van der Waals surface area (Å²) in [5.74, 6) is 0. The van der Waals surface area contributed by atoms with E-state index >= 15 is 0 Å². The second-order valence-corrected chi connectivity index (χ2v) is 10.5. The highest BCUT2D eigenvalue weighted by Gasteiger charge is 2.27. The van der Waals surface area contributed by atoms with Crippen LogP contribution in [0.15, 0.2) is 45.8 Å². The Morgan fingerprint density at radius 3 is 1.92 bits per heavy atom. The Balaban J connectivity index is 2.40. The smallest absolute Gasteiger partial charge is 0.207 e. The number of sulfonamides is 1. The van der Waals surface area contributed by atoms with E-state index in [4.69, 9.17) is 0 Å². The average Bonchev–Trinajstić information content (AvgIpc) is 2.47. The number of rotatable bonds is 4. The molecular weight excluding hydrogens is 398 g/mol. The Kier molecular flexibility index (Phi) is 5.81. The highest BCUT2D eigenvalue weighted by molar-refractivity contribution is 9.10. The lowest BCUT2D eigenvalue weighted by atomic mass is 9.85. The van der Waals surface area contributed by atoms with Gasteiger partial charge in [-0.2, -0.15) is 4.31 Å². The zero-order valence-corrected chi connectivity index (χ0v) is 18.1. The molecule has 0 unspecified atom stereocenters. The Labute approximate surface area is 160 Å². The molecule has 0 aliphatic heterocycles. The van der Waals surface area contributed by atoms with Crippen molar-refractivity contribution in [2.24, 2.45) is 0 Å². The van der Waals surface area contributed by atoms with Crippen molar-refractivity contribution in [3.63, 3.8) is 0 Å². The molecule has 3 nitrogen and oxygen atoms in total. The highest BCUT2D eigenvalue weighted by Crippen LogP contribution is 2.30. The molecule has 2 aromatic carbocycles. The summed E-state index contributed by atoms with van der Waals surface area (Å²) in [5.41, 5.74) is 3.69. The van der Waals surface area contributed by atoms with Crippen LogP contribution in [0.5, 0.6) is 0 Å². The van der Waals surface area contributed by atoms with Crippen LogP contribution in [0, 0.1) is 13.8 Å². The van der Waals surface area contributed by atoms with Crippen LogP contribution >= 0.6 is 15.9 Å². The summed E-state index contributed by atoms with van der Waals surface area (Å²) in [6, 6.07) is 11.7. The molecule has 0 aliphatic carbocycles. The summed E-state index contributed by atoms with van der Waals surface area (Å²) in [5, 5.41) is 0. The normalized spacial score (nSPS) is 12.6. The number of aryl methyl sites for hydroxylation is 2. The Morgan fingerprint density at radius 1 is 1.00 bits per heavy atom. The fourth-order valence-corrected chi connectivity index (χ4v) is 4.70. The predicted molar refractivity (Wildman–Crippen MR) is 107 cm³/mol. The van der Waals surface area contributed by atoms with Crippen LogP contribution in [0.3, 0.4) is 0 Å². The lowest BCUT2D eigenvalue weighted by Gasteiger charge is -2.24. The maximum absolute atomic E-state index is 13.1. The second-order valence-electron chi connectivity index (χ2n) is 7.58. The maximum Gasteiger partial charge on any atom is 0.243 e.